The van der Waals surface area contributed by atoms with Crippen molar-refractivity contribution in [1.82, 2.24) is 15.0 Å². The number of hydrogen-bond donors (Lipinski definition) is 0. The highest BCUT2D eigenvalue weighted by atomic mass is 16.5. The van der Waals surface area contributed by atoms with Crippen LogP contribution in [-0.2, 0) is 15.9 Å². The Balaban J connectivity index is 2.25. The zero-order valence-electron chi connectivity index (χ0n) is 11.6. The number of hydrogen-bond acceptors (Lipinski definition) is 5. The Morgan fingerprint density at radius 2 is 2.37 bits per heavy atom. The molecule has 1 atom stereocenters. The quantitative estimate of drug-likeness (QED) is 0.760. The molecule has 1 aromatic heterocycles. The van der Waals surface area contributed by atoms with E-state index in [1.807, 2.05) is 4.68 Å². The van der Waals surface area contributed by atoms with E-state index >= 15 is 0 Å². The Morgan fingerprint density at radius 3 is 3.00 bits per heavy atom. The maximum Gasteiger partial charge on any atom is 0.360 e. The van der Waals surface area contributed by atoms with Crippen LogP contribution in [0.2, 0.25) is 0 Å². The van der Waals surface area contributed by atoms with Crippen LogP contribution in [0.5, 0.6) is 0 Å². The van der Waals surface area contributed by atoms with E-state index in [-0.39, 0.29) is 12.0 Å². The summed E-state index contributed by atoms with van der Waals surface area (Å²) in [6, 6.07) is 0.186. The molecule has 6 nitrogen and oxygen atoms in total. The van der Waals surface area contributed by atoms with Crippen molar-refractivity contribution in [3.05, 3.63) is 11.4 Å². The van der Waals surface area contributed by atoms with Crippen molar-refractivity contribution in [2.45, 2.75) is 45.6 Å². The molecule has 0 amide bonds. The number of nitrogens with zero attached hydrogens (tertiary/aromatic N) is 3. The van der Waals surface area contributed by atoms with E-state index in [1.165, 1.54) is 0 Å². The van der Waals surface area contributed by atoms with Gasteiger partial charge in [0.25, 0.3) is 0 Å². The van der Waals surface area contributed by atoms with Crippen LogP contribution < -0.4 is 0 Å². The molecule has 0 saturated carbocycles. The molecule has 6 heteroatoms. The monoisotopic (exact) mass is 267 g/mol. The summed E-state index contributed by atoms with van der Waals surface area (Å²) in [5, 5.41) is 8.16. The van der Waals surface area contributed by atoms with Crippen LogP contribution in [0.4, 0.5) is 0 Å². The Labute approximate surface area is 113 Å². The lowest BCUT2D eigenvalue weighted by Crippen LogP contribution is -2.24. The summed E-state index contributed by atoms with van der Waals surface area (Å²) in [6.07, 6.45) is 3.75. The fraction of sp³-hybridized carbons (Fsp3) is 0.769. The topological polar surface area (TPSA) is 66.2 Å². The molecule has 0 radical (unpaired) electrons. The van der Waals surface area contributed by atoms with Gasteiger partial charge in [0.05, 0.1) is 24.9 Å². The maximum absolute atomic E-state index is 11.9. The molecule has 0 bridgehead atoms. The highest BCUT2D eigenvalue weighted by Crippen LogP contribution is 2.22. The first-order valence-corrected chi connectivity index (χ1v) is 6.96. The molecule has 1 aliphatic heterocycles. The summed E-state index contributed by atoms with van der Waals surface area (Å²) >= 11 is 0. The van der Waals surface area contributed by atoms with E-state index in [0.717, 1.165) is 38.0 Å². The Kier molecular flexibility index (Phi) is 4.90. The van der Waals surface area contributed by atoms with Crippen LogP contribution in [0.1, 0.15) is 55.3 Å². The largest absolute Gasteiger partial charge is 0.461 e. The van der Waals surface area contributed by atoms with Crippen molar-refractivity contribution in [3.63, 3.8) is 0 Å². The van der Waals surface area contributed by atoms with Crippen molar-refractivity contribution in [2.75, 3.05) is 19.8 Å². The van der Waals surface area contributed by atoms with Crippen molar-refractivity contribution >= 4 is 5.97 Å². The van der Waals surface area contributed by atoms with E-state index < -0.39 is 0 Å². The summed E-state index contributed by atoms with van der Waals surface area (Å²) in [5.74, 6) is -0.381. The van der Waals surface area contributed by atoms with Crippen LogP contribution >= 0.6 is 0 Å². The molecule has 0 N–H and O–H groups in total. The molecule has 2 heterocycles. The van der Waals surface area contributed by atoms with E-state index in [4.69, 9.17) is 9.47 Å². The molecule has 19 heavy (non-hydrogen) atoms. The van der Waals surface area contributed by atoms with Gasteiger partial charge in [-0.15, -0.1) is 5.10 Å². The third-order valence-corrected chi connectivity index (χ3v) is 3.23. The summed E-state index contributed by atoms with van der Waals surface area (Å²) in [4.78, 5) is 11.9. The molecule has 1 aliphatic rings. The standard InChI is InChI=1S/C13H21N3O3/c1-3-6-11-12(13(17)19-4-2)14-15-16(11)10-7-5-8-18-9-10/h10H,3-9H2,1-2H3. The van der Waals surface area contributed by atoms with Crippen LogP contribution in [-0.4, -0.2) is 40.8 Å². The number of aromatic nitrogens is 3. The second kappa shape index (κ2) is 6.65. The van der Waals surface area contributed by atoms with Crippen LogP contribution in [0.3, 0.4) is 0 Å². The number of ether oxygens (including phenoxy) is 2. The zero-order chi connectivity index (χ0) is 13.7. The molecular formula is C13H21N3O3. The van der Waals surface area contributed by atoms with Gasteiger partial charge in [-0.1, -0.05) is 18.6 Å². The molecule has 106 valence electrons. The fourth-order valence-corrected chi connectivity index (χ4v) is 2.35. The van der Waals surface area contributed by atoms with Gasteiger partial charge in [0.2, 0.25) is 0 Å². The van der Waals surface area contributed by atoms with Crippen molar-refractivity contribution in [3.8, 4) is 0 Å². The van der Waals surface area contributed by atoms with Gasteiger partial charge in [-0.05, 0) is 26.2 Å². The minimum absolute atomic E-state index is 0.186. The lowest BCUT2D eigenvalue weighted by Gasteiger charge is -2.23. The molecule has 1 aromatic rings. The van der Waals surface area contributed by atoms with Gasteiger partial charge >= 0.3 is 5.97 Å². The highest BCUT2D eigenvalue weighted by Gasteiger charge is 2.25. The van der Waals surface area contributed by atoms with Crippen molar-refractivity contribution < 1.29 is 14.3 Å². The van der Waals surface area contributed by atoms with Crippen molar-refractivity contribution in [1.29, 1.82) is 0 Å². The molecule has 1 fully saturated rings. The molecule has 1 saturated heterocycles. The molecular weight excluding hydrogens is 246 g/mol. The van der Waals surface area contributed by atoms with Crippen LogP contribution in [0, 0.1) is 0 Å². The van der Waals surface area contributed by atoms with Gasteiger partial charge in [-0.25, -0.2) is 9.48 Å². The van der Waals surface area contributed by atoms with Gasteiger partial charge in [-0.3, -0.25) is 0 Å². The molecule has 2 rings (SSSR count). The smallest absolute Gasteiger partial charge is 0.360 e. The van der Waals surface area contributed by atoms with Gasteiger partial charge < -0.3 is 9.47 Å². The minimum Gasteiger partial charge on any atom is -0.461 e. The fourth-order valence-electron chi connectivity index (χ4n) is 2.35. The summed E-state index contributed by atoms with van der Waals surface area (Å²) in [6.45, 7) is 5.66. The number of esters is 1. The third kappa shape index (κ3) is 3.12. The Bertz CT molecular complexity index is 425. The first-order valence-electron chi connectivity index (χ1n) is 6.96. The Morgan fingerprint density at radius 1 is 1.53 bits per heavy atom. The third-order valence-electron chi connectivity index (χ3n) is 3.23. The summed E-state index contributed by atoms with van der Waals surface area (Å²) in [7, 11) is 0. The zero-order valence-corrected chi connectivity index (χ0v) is 11.6. The molecule has 0 aliphatic carbocycles. The average molecular weight is 267 g/mol. The van der Waals surface area contributed by atoms with Crippen molar-refractivity contribution in [2.24, 2.45) is 0 Å². The lowest BCUT2D eigenvalue weighted by molar-refractivity contribution is 0.0508. The average Bonchev–Trinajstić information content (AvgIpc) is 2.84. The Hall–Kier alpha value is -1.43. The first-order chi connectivity index (χ1) is 9.27. The summed E-state index contributed by atoms with van der Waals surface area (Å²) in [5.41, 5.74) is 1.23. The van der Waals surface area contributed by atoms with E-state index in [0.29, 0.717) is 18.9 Å². The van der Waals surface area contributed by atoms with E-state index in [1.54, 1.807) is 6.92 Å². The summed E-state index contributed by atoms with van der Waals surface area (Å²) < 4.78 is 12.4. The van der Waals surface area contributed by atoms with E-state index in [9.17, 15) is 4.79 Å². The van der Waals surface area contributed by atoms with Crippen LogP contribution in [0.25, 0.3) is 0 Å². The van der Waals surface area contributed by atoms with Gasteiger partial charge in [0, 0.05) is 6.61 Å². The predicted molar refractivity (Wildman–Crippen MR) is 69.1 cm³/mol. The van der Waals surface area contributed by atoms with Gasteiger partial charge in [-0.2, -0.15) is 0 Å². The number of carbonyl (C=O) groups excluding carboxylic acids is 1. The van der Waals surface area contributed by atoms with E-state index in [2.05, 4.69) is 17.2 Å². The second-order valence-electron chi connectivity index (χ2n) is 4.67. The van der Waals surface area contributed by atoms with Gasteiger partial charge in [0.1, 0.15) is 0 Å². The number of rotatable bonds is 5. The second-order valence-corrected chi connectivity index (χ2v) is 4.67. The SMILES string of the molecule is CCCc1c(C(=O)OCC)nnn1C1CCCOC1. The van der Waals surface area contributed by atoms with Crippen LogP contribution in [0.15, 0.2) is 0 Å². The molecule has 1 unspecified atom stereocenters. The predicted octanol–water partition coefficient (Wildman–Crippen LogP) is 1.76. The molecule has 0 aromatic carbocycles. The normalized spacial score (nSPS) is 19.4. The molecule has 0 spiro atoms. The lowest BCUT2D eigenvalue weighted by atomic mass is 10.1. The number of carbonyl (C=O) groups is 1. The van der Waals surface area contributed by atoms with Gasteiger partial charge in [0.15, 0.2) is 5.69 Å². The highest BCUT2D eigenvalue weighted by molar-refractivity contribution is 5.88. The first kappa shape index (κ1) is 14.0. The minimum atomic E-state index is -0.381. The maximum atomic E-state index is 11.9.